The van der Waals surface area contributed by atoms with Crippen molar-refractivity contribution in [1.29, 1.82) is 0 Å². The van der Waals surface area contributed by atoms with Gasteiger partial charge in [0.25, 0.3) is 5.91 Å². The van der Waals surface area contributed by atoms with Gasteiger partial charge in [-0.2, -0.15) is 9.61 Å². The lowest BCUT2D eigenvalue weighted by molar-refractivity contribution is 0.0214. The molecule has 0 saturated carbocycles. The minimum absolute atomic E-state index is 0.00534. The monoisotopic (exact) mass is 663 g/mol. The summed E-state index contributed by atoms with van der Waals surface area (Å²) in [4.78, 5) is 37.0. The Kier molecular flexibility index (Phi) is 7.86. The van der Waals surface area contributed by atoms with Gasteiger partial charge in [0.2, 0.25) is 10.0 Å². The molecule has 2 aromatic heterocycles. The topological polar surface area (TPSA) is 129 Å². The summed E-state index contributed by atoms with van der Waals surface area (Å²) < 4.78 is 33.8. The number of nitrogens with one attached hydrogen (secondary N) is 1. The van der Waals surface area contributed by atoms with Crippen LogP contribution in [0.15, 0.2) is 30.3 Å². The van der Waals surface area contributed by atoms with Gasteiger partial charge in [0.1, 0.15) is 16.6 Å². The van der Waals surface area contributed by atoms with Crippen LogP contribution in [0.25, 0.3) is 5.65 Å². The number of piperazine rings is 1. The van der Waals surface area contributed by atoms with Crippen LogP contribution < -0.4 is 9.62 Å². The molecule has 3 atom stereocenters. The minimum Gasteiger partial charge on any atom is -0.444 e. The third-order valence-corrected chi connectivity index (χ3v) is 9.19. The number of fused-ring (bicyclic) bond motifs is 3. The zero-order valence-corrected chi connectivity index (χ0v) is 27.3. The molecule has 0 aliphatic carbocycles. The fraction of sp³-hybridized carbons (Fsp3) is 0.517. The molecule has 1 N–H and O–H groups in total. The van der Waals surface area contributed by atoms with Gasteiger partial charge >= 0.3 is 6.09 Å². The Morgan fingerprint density at radius 3 is 2.50 bits per heavy atom. The fourth-order valence-electron chi connectivity index (χ4n) is 6.42. The molecule has 3 aliphatic heterocycles. The van der Waals surface area contributed by atoms with Crippen molar-refractivity contribution in [2.45, 2.75) is 70.2 Å². The maximum Gasteiger partial charge on any atom is 0.410 e. The Morgan fingerprint density at radius 1 is 1.05 bits per heavy atom. The summed E-state index contributed by atoms with van der Waals surface area (Å²) in [6, 6.07) is 7.85. The van der Waals surface area contributed by atoms with Crippen LogP contribution in [0.3, 0.4) is 0 Å². The number of amides is 2. The molecule has 1 aromatic carbocycles. The van der Waals surface area contributed by atoms with E-state index >= 15 is 0 Å². The van der Waals surface area contributed by atoms with E-state index in [4.69, 9.17) is 33.0 Å². The standard InChI is InChI=1S/C29H35Cl2N7O5S/c1-29(2,3)43-28(40)37-16-18-12-19(37)15-36(18)26-14-24(31)32-25-13-22(33-38(25)26)23-7-5-6-10-35(23)27(39)20-11-17(30)8-9-21(20)34-44(4,41)42/h8-9,11,13-14,18-19,23,34H,5-7,10,12,15-16H2,1-4H3/t18-,19-,23+/m1/s1. The maximum atomic E-state index is 14.0. The van der Waals surface area contributed by atoms with Crippen LogP contribution >= 0.6 is 23.2 Å². The van der Waals surface area contributed by atoms with E-state index in [1.807, 2.05) is 26.8 Å². The summed E-state index contributed by atoms with van der Waals surface area (Å²) in [6.07, 6.45) is 3.90. The number of ether oxygens (including phenoxy) is 1. The number of benzene rings is 1. The fourth-order valence-corrected chi connectivity index (χ4v) is 7.36. The first-order valence-electron chi connectivity index (χ1n) is 14.6. The molecule has 44 heavy (non-hydrogen) atoms. The molecular formula is C29H35Cl2N7O5S. The van der Waals surface area contributed by atoms with Crippen molar-refractivity contribution >= 4 is 62.4 Å². The van der Waals surface area contributed by atoms with Gasteiger partial charge in [-0.15, -0.1) is 0 Å². The quantitative estimate of drug-likeness (QED) is 0.379. The third kappa shape index (κ3) is 6.14. The Bertz CT molecular complexity index is 1740. The maximum absolute atomic E-state index is 14.0. The molecule has 0 unspecified atom stereocenters. The average molecular weight is 665 g/mol. The van der Waals surface area contributed by atoms with Crippen molar-refractivity contribution in [1.82, 2.24) is 24.4 Å². The second-order valence-electron chi connectivity index (χ2n) is 12.7. The highest BCUT2D eigenvalue weighted by atomic mass is 35.5. The van der Waals surface area contributed by atoms with Gasteiger partial charge in [-0.3, -0.25) is 9.52 Å². The molecule has 3 aliphatic rings. The van der Waals surface area contributed by atoms with Crippen LogP contribution in [0.5, 0.6) is 0 Å². The minimum atomic E-state index is -3.63. The second-order valence-corrected chi connectivity index (χ2v) is 15.3. The number of hydrogen-bond acceptors (Lipinski definition) is 8. The van der Waals surface area contributed by atoms with E-state index in [1.54, 1.807) is 20.4 Å². The van der Waals surface area contributed by atoms with Gasteiger partial charge in [0.15, 0.2) is 5.65 Å². The van der Waals surface area contributed by atoms with E-state index in [-0.39, 0.29) is 41.4 Å². The van der Waals surface area contributed by atoms with E-state index < -0.39 is 15.6 Å². The molecule has 15 heteroatoms. The summed E-state index contributed by atoms with van der Waals surface area (Å²) in [5.74, 6) is 0.427. The van der Waals surface area contributed by atoms with E-state index in [1.165, 1.54) is 18.2 Å². The Labute approximate surface area is 266 Å². The first-order valence-corrected chi connectivity index (χ1v) is 17.2. The largest absolute Gasteiger partial charge is 0.444 e. The first-order chi connectivity index (χ1) is 20.7. The van der Waals surface area contributed by atoms with Crippen LogP contribution in [-0.2, 0) is 14.8 Å². The number of piperidine rings is 1. The molecule has 12 nitrogen and oxygen atoms in total. The molecule has 236 valence electrons. The zero-order valence-electron chi connectivity index (χ0n) is 25.0. The Hall–Kier alpha value is -3.29. The number of likely N-dealkylation sites (tertiary alicyclic amines) is 2. The molecule has 5 heterocycles. The van der Waals surface area contributed by atoms with Gasteiger partial charge < -0.3 is 19.4 Å². The number of carbonyl (C=O) groups excluding carboxylic acids is 2. The van der Waals surface area contributed by atoms with Gasteiger partial charge in [-0.05, 0) is 64.7 Å². The second kappa shape index (κ2) is 11.3. The van der Waals surface area contributed by atoms with Crippen LogP contribution in [0, 0.1) is 0 Å². The smallest absolute Gasteiger partial charge is 0.410 e. The summed E-state index contributed by atoms with van der Waals surface area (Å²) in [5.41, 5.74) is 0.981. The van der Waals surface area contributed by atoms with Crippen molar-refractivity contribution in [2.24, 2.45) is 0 Å². The van der Waals surface area contributed by atoms with Crippen molar-refractivity contribution in [3.8, 4) is 0 Å². The summed E-state index contributed by atoms with van der Waals surface area (Å²) in [7, 11) is -3.63. The first kappa shape index (κ1) is 30.7. The zero-order chi connectivity index (χ0) is 31.6. The average Bonchev–Trinajstić information content (AvgIpc) is 3.66. The van der Waals surface area contributed by atoms with E-state index in [0.29, 0.717) is 47.6 Å². The highest BCUT2D eigenvalue weighted by Crippen LogP contribution is 2.38. The van der Waals surface area contributed by atoms with Crippen molar-refractivity contribution < 1.29 is 22.7 Å². The lowest BCUT2D eigenvalue weighted by atomic mass is 9.98. The SMILES string of the molecule is CC(C)(C)OC(=O)N1C[C@H]2C[C@@H]1CN2c1cc(Cl)nc2cc([C@@H]3CCCCN3C(=O)c3cc(Cl)ccc3NS(C)(=O)=O)nn12. The lowest BCUT2D eigenvalue weighted by Gasteiger charge is -2.36. The summed E-state index contributed by atoms with van der Waals surface area (Å²) in [5, 5.41) is 5.59. The molecule has 3 saturated heterocycles. The van der Waals surface area contributed by atoms with Crippen molar-refractivity contribution in [2.75, 3.05) is 35.5 Å². The molecule has 6 rings (SSSR count). The number of aromatic nitrogens is 3. The highest BCUT2D eigenvalue weighted by molar-refractivity contribution is 7.92. The predicted molar refractivity (Wildman–Crippen MR) is 168 cm³/mol. The highest BCUT2D eigenvalue weighted by Gasteiger charge is 2.47. The van der Waals surface area contributed by atoms with Gasteiger partial charge in [-0.1, -0.05) is 23.2 Å². The third-order valence-electron chi connectivity index (χ3n) is 8.17. The summed E-state index contributed by atoms with van der Waals surface area (Å²) >= 11 is 12.7. The number of anilines is 2. The number of rotatable bonds is 5. The number of nitrogens with zero attached hydrogens (tertiary/aromatic N) is 6. The Balaban J connectivity index is 1.30. The number of hydrogen-bond donors (Lipinski definition) is 1. The Morgan fingerprint density at radius 2 is 1.82 bits per heavy atom. The van der Waals surface area contributed by atoms with Crippen LogP contribution in [0.1, 0.15) is 68.5 Å². The molecule has 2 bridgehead atoms. The van der Waals surface area contributed by atoms with Crippen LogP contribution in [-0.4, -0.2) is 88.4 Å². The molecule has 3 aromatic rings. The number of halogens is 2. The molecule has 0 radical (unpaired) electrons. The molecule has 3 fully saturated rings. The number of carbonyl (C=O) groups is 2. The normalized spacial score (nSPS) is 22.1. The van der Waals surface area contributed by atoms with Crippen LogP contribution in [0.2, 0.25) is 10.2 Å². The molecular weight excluding hydrogens is 629 g/mol. The molecule has 2 amide bonds. The van der Waals surface area contributed by atoms with Crippen molar-refractivity contribution in [3.63, 3.8) is 0 Å². The van der Waals surface area contributed by atoms with E-state index in [0.717, 1.165) is 31.3 Å². The van der Waals surface area contributed by atoms with E-state index in [9.17, 15) is 18.0 Å². The van der Waals surface area contributed by atoms with Crippen molar-refractivity contribution in [3.05, 3.63) is 51.8 Å². The number of sulfonamides is 1. The van der Waals surface area contributed by atoms with Gasteiger partial charge in [-0.25, -0.2) is 18.2 Å². The van der Waals surface area contributed by atoms with Crippen LogP contribution in [0.4, 0.5) is 16.3 Å². The summed E-state index contributed by atoms with van der Waals surface area (Å²) in [6.45, 7) is 7.19. The van der Waals surface area contributed by atoms with Gasteiger partial charge in [0.05, 0.1) is 41.3 Å². The predicted octanol–water partition coefficient (Wildman–Crippen LogP) is 4.97. The van der Waals surface area contributed by atoms with E-state index in [2.05, 4.69) is 14.6 Å². The van der Waals surface area contributed by atoms with Gasteiger partial charge in [0, 0.05) is 36.8 Å². The molecule has 0 spiro atoms. The lowest BCUT2D eigenvalue weighted by Crippen LogP contribution is -2.50.